The third kappa shape index (κ3) is 3.67. The molecule has 0 heterocycles. The molecule has 0 aliphatic carbocycles. The zero-order chi connectivity index (χ0) is 11.4. The van der Waals surface area contributed by atoms with E-state index < -0.39 is 22.6 Å². The highest BCUT2D eigenvalue weighted by Gasteiger charge is 2.35. The van der Waals surface area contributed by atoms with Crippen molar-refractivity contribution >= 4 is 16.8 Å². The molecule has 0 bridgehead atoms. The van der Waals surface area contributed by atoms with Gasteiger partial charge in [0.25, 0.3) is 0 Å². The Kier molecular flexibility index (Phi) is 4.45. The summed E-state index contributed by atoms with van der Waals surface area (Å²) in [6.45, 7) is 3.05. The van der Waals surface area contributed by atoms with E-state index in [2.05, 4.69) is 17.5 Å². The number of nitrogens with zero attached hydrogens (tertiary/aromatic N) is 1. The zero-order valence-corrected chi connectivity index (χ0v) is 7.65. The summed E-state index contributed by atoms with van der Waals surface area (Å²) in [7, 11) is 0. The SMILES string of the molecule is C=C(NN)/C(=C\C(Cl)=N/N)C(F)(F)F. The number of hydrazone groups is 1. The zero-order valence-electron chi connectivity index (χ0n) is 6.90. The molecule has 0 saturated carbocycles. The van der Waals surface area contributed by atoms with Crippen LogP contribution in [0, 0.1) is 0 Å². The third-order valence-electron chi connectivity index (χ3n) is 1.19. The molecule has 4 nitrogen and oxygen atoms in total. The normalized spacial score (nSPS) is 14.1. The highest BCUT2D eigenvalue weighted by Crippen LogP contribution is 2.29. The number of hydrogen-bond acceptors (Lipinski definition) is 4. The van der Waals surface area contributed by atoms with Gasteiger partial charge in [0.05, 0.1) is 11.3 Å². The Morgan fingerprint density at radius 3 is 2.29 bits per heavy atom. The van der Waals surface area contributed by atoms with Crippen LogP contribution < -0.4 is 17.1 Å². The molecule has 5 N–H and O–H groups in total. The predicted octanol–water partition coefficient (Wildman–Crippen LogP) is 0.963. The van der Waals surface area contributed by atoms with Gasteiger partial charge in [-0.1, -0.05) is 18.2 Å². The summed E-state index contributed by atoms with van der Waals surface area (Å²) in [5.74, 6) is 9.45. The first kappa shape index (κ1) is 12.8. The van der Waals surface area contributed by atoms with E-state index in [0.717, 1.165) is 0 Å². The number of nitrogens with two attached hydrogens (primary N) is 2. The summed E-state index contributed by atoms with van der Waals surface area (Å²) in [4.78, 5) is 0. The first-order valence-corrected chi connectivity index (χ1v) is 3.59. The molecule has 0 fully saturated rings. The smallest absolute Gasteiger partial charge is 0.324 e. The van der Waals surface area contributed by atoms with E-state index in [1.165, 1.54) is 0 Å². The molecule has 0 radical (unpaired) electrons. The van der Waals surface area contributed by atoms with Gasteiger partial charge in [0.2, 0.25) is 0 Å². The number of allylic oxidation sites excluding steroid dienone is 2. The van der Waals surface area contributed by atoms with Gasteiger partial charge in [0, 0.05) is 0 Å². The van der Waals surface area contributed by atoms with E-state index in [9.17, 15) is 13.2 Å². The van der Waals surface area contributed by atoms with Crippen molar-refractivity contribution in [2.45, 2.75) is 6.18 Å². The summed E-state index contributed by atoms with van der Waals surface area (Å²) in [6, 6.07) is 0. The number of alkyl halides is 3. The van der Waals surface area contributed by atoms with E-state index in [-0.39, 0.29) is 0 Å². The summed E-state index contributed by atoms with van der Waals surface area (Å²) in [5, 5.41) is 2.35. The molecule has 0 unspecified atom stereocenters. The Balaban J connectivity index is 5.12. The summed E-state index contributed by atoms with van der Waals surface area (Å²) in [6.07, 6.45) is -4.11. The van der Waals surface area contributed by atoms with Gasteiger partial charge in [-0.05, 0) is 6.08 Å². The van der Waals surface area contributed by atoms with Gasteiger partial charge in [-0.2, -0.15) is 18.3 Å². The Morgan fingerprint density at radius 2 is 2.00 bits per heavy atom. The molecular weight excluding hydrogens is 221 g/mol. The predicted molar refractivity (Wildman–Crippen MR) is 48.1 cm³/mol. The van der Waals surface area contributed by atoms with Crippen LogP contribution in [0.25, 0.3) is 0 Å². The minimum absolute atomic E-state index is 0.506. The highest BCUT2D eigenvalue weighted by molar-refractivity contribution is 6.68. The summed E-state index contributed by atoms with van der Waals surface area (Å²) in [5.41, 5.74) is 0.0958. The number of nitrogens with one attached hydrogen (secondary N) is 1. The summed E-state index contributed by atoms with van der Waals surface area (Å²) >= 11 is 5.21. The van der Waals surface area contributed by atoms with Gasteiger partial charge in [-0.3, -0.25) is 5.84 Å². The van der Waals surface area contributed by atoms with Crippen molar-refractivity contribution in [1.82, 2.24) is 5.43 Å². The number of hydrogen-bond donors (Lipinski definition) is 3. The Labute approximate surface area is 83.0 Å². The molecule has 0 aromatic heterocycles. The molecule has 0 spiro atoms. The lowest BCUT2D eigenvalue weighted by molar-refractivity contribution is -0.0897. The van der Waals surface area contributed by atoms with Gasteiger partial charge in [0.1, 0.15) is 5.17 Å². The van der Waals surface area contributed by atoms with Crippen LogP contribution in [0.4, 0.5) is 13.2 Å². The molecule has 80 valence electrons. The maximum absolute atomic E-state index is 12.3. The van der Waals surface area contributed by atoms with Crippen molar-refractivity contribution in [3.05, 3.63) is 23.9 Å². The minimum Gasteiger partial charge on any atom is -0.324 e. The maximum Gasteiger partial charge on any atom is 0.418 e. The molecule has 0 atom stereocenters. The van der Waals surface area contributed by atoms with Gasteiger partial charge < -0.3 is 11.3 Å². The van der Waals surface area contributed by atoms with E-state index in [4.69, 9.17) is 17.4 Å². The average molecular weight is 229 g/mol. The molecule has 0 aromatic carbocycles. The number of halogens is 4. The fourth-order valence-corrected chi connectivity index (χ4v) is 0.683. The first-order chi connectivity index (χ1) is 6.32. The van der Waals surface area contributed by atoms with Crippen LogP contribution in [0.3, 0.4) is 0 Å². The molecule has 0 aromatic rings. The first-order valence-electron chi connectivity index (χ1n) is 3.21. The van der Waals surface area contributed by atoms with Crippen molar-refractivity contribution in [2.24, 2.45) is 16.8 Å². The second-order valence-electron chi connectivity index (χ2n) is 2.13. The second-order valence-corrected chi connectivity index (χ2v) is 2.52. The third-order valence-corrected chi connectivity index (χ3v) is 1.40. The standard InChI is InChI=1S/C6H8ClF3N4/c1-3(13-11)4(6(8,9)10)2-5(7)14-12/h2,13H,1,11-12H2/b4-2+,14-5+. The van der Waals surface area contributed by atoms with Crippen LogP contribution in [0.15, 0.2) is 29.0 Å². The van der Waals surface area contributed by atoms with E-state index in [0.29, 0.717) is 6.08 Å². The van der Waals surface area contributed by atoms with Crippen molar-refractivity contribution < 1.29 is 13.2 Å². The van der Waals surface area contributed by atoms with Gasteiger partial charge in [0.15, 0.2) is 0 Å². The van der Waals surface area contributed by atoms with Crippen LogP contribution in [0.5, 0.6) is 0 Å². The van der Waals surface area contributed by atoms with Gasteiger partial charge >= 0.3 is 6.18 Å². The fraction of sp³-hybridized carbons (Fsp3) is 0.167. The Bertz CT molecular complexity index is 281. The molecule has 0 aliphatic heterocycles. The molecule has 8 heteroatoms. The largest absolute Gasteiger partial charge is 0.418 e. The molecule has 14 heavy (non-hydrogen) atoms. The van der Waals surface area contributed by atoms with E-state index >= 15 is 0 Å². The van der Waals surface area contributed by atoms with Crippen molar-refractivity contribution in [2.75, 3.05) is 0 Å². The number of rotatable bonds is 3. The highest BCUT2D eigenvalue weighted by atomic mass is 35.5. The molecule has 0 saturated heterocycles. The molecular formula is C6H8ClF3N4. The van der Waals surface area contributed by atoms with Crippen LogP contribution >= 0.6 is 11.6 Å². The van der Waals surface area contributed by atoms with Crippen LogP contribution in [-0.4, -0.2) is 11.3 Å². The monoisotopic (exact) mass is 228 g/mol. The van der Waals surface area contributed by atoms with Crippen molar-refractivity contribution in [3.63, 3.8) is 0 Å². The van der Waals surface area contributed by atoms with Crippen LogP contribution in [0.2, 0.25) is 0 Å². The van der Waals surface area contributed by atoms with Crippen LogP contribution in [0.1, 0.15) is 0 Å². The quantitative estimate of drug-likeness (QED) is 0.292. The van der Waals surface area contributed by atoms with E-state index in [1.54, 1.807) is 5.43 Å². The van der Waals surface area contributed by atoms with Crippen LogP contribution in [-0.2, 0) is 0 Å². The molecule has 0 rings (SSSR count). The fourth-order valence-electron chi connectivity index (χ4n) is 0.574. The topological polar surface area (TPSA) is 76.4 Å². The molecule has 0 aliphatic rings. The maximum atomic E-state index is 12.3. The average Bonchev–Trinajstić information content (AvgIpc) is 2.10. The van der Waals surface area contributed by atoms with Gasteiger partial charge in [-0.25, -0.2) is 0 Å². The Morgan fingerprint density at radius 1 is 1.50 bits per heavy atom. The molecule has 0 amide bonds. The lowest BCUT2D eigenvalue weighted by Crippen LogP contribution is -2.27. The minimum atomic E-state index is -4.63. The van der Waals surface area contributed by atoms with E-state index in [1.807, 2.05) is 0 Å². The van der Waals surface area contributed by atoms with Crippen molar-refractivity contribution in [1.29, 1.82) is 0 Å². The lowest BCUT2D eigenvalue weighted by Gasteiger charge is -2.12. The second kappa shape index (κ2) is 4.87. The van der Waals surface area contributed by atoms with Gasteiger partial charge in [-0.15, -0.1) is 0 Å². The lowest BCUT2D eigenvalue weighted by atomic mass is 10.2. The summed E-state index contributed by atoms with van der Waals surface area (Å²) < 4.78 is 36.8. The number of hydrazine groups is 1. The van der Waals surface area contributed by atoms with Crippen molar-refractivity contribution in [3.8, 4) is 0 Å². The Hall–Kier alpha value is -1.21.